The molecule has 2 saturated heterocycles. The van der Waals surface area contributed by atoms with Gasteiger partial charge in [-0.1, -0.05) is 25.4 Å². The summed E-state index contributed by atoms with van der Waals surface area (Å²) < 4.78 is 31.4. The van der Waals surface area contributed by atoms with Gasteiger partial charge in [-0.25, -0.2) is 13.8 Å². The van der Waals surface area contributed by atoms with E-state index in [0.29, 0.717) is 29.2 Å². The number of hydrogen-bond acceptors (Lipinski definition) is 8. The van der Waals surface area contributed by atoms with Crippen LogP contribution in [-0.2, 0) is 18.4 Å². The third-order valence-corrected chi connectivity index (χ3v) is 8.83. The average Bonchev–Trinajstić information content (AvgIpc) is 2.99. The minimum atomic E-state index is -2.78. The summed E-state index contributed by atoms with van der Waals surface area (Å²) in [4.78, 5) is 48.9. The van der Waals surface area contributed by atoms with Crippen molar-refractivity contribution >= 4 is 46.0 Å². The zero-order chi connectivity index (χ0) is 30.9. The number of alkyl halides is 2. The number of hydrogen-bond donors (Lipinski definition) is 3. The molecule has 232 valence electrons. The number of benzene rings is 1. The summed E-state index contributed by atoms with van der Waals surface area (Å²) in [5.41, 5.74) is 0.0628. The Morgan fingerprint density at radius 1 is 1.12 bits per heavy atom. The van der Waals surface area contributed by atoms with Crippen molar-refractivity contribution in [2.75, 3.05) is 42.9 Å². The summed E-state index contributed by atoms with van der Waals surface area (Å²) in [6.45, 7) is 5.70. The minimum absolute atomic E-state index is 0.0291. The first-order valence-electron chi connectivity index (χ1n) is 14.6. The van der Waals surface area contributed by atoms with Gasteiger partial charge in [-0.3, -0.25) is 14.4 Å². The molecule has 0 radical (unpaired) electrons. The first-order valence-corrected chi connectivity index (χ1v) is 15.0. The van der Waals surface area contributed by atoms with Crippen molar-refractivity contribution in [3.8, 4) is 0 Å². The van der Waals surface area contributed by atoms with Crippen LogP contribution in [0.3, 0.4) is 0 Å². The second-order valence-electron chi connectivity index (χ2n) is 11.6. The van der Waals surface area contributed by atoms with Crippen LogP contribution in [0.2, 0.25) is 5.02 Å². The molecule has 1 amide bonds. The lowest BCUT2D eigenvalue weighted by Crippen LogP contribution is -2.52. The fraction of sp³-hybridized carbons (Fsp3) is 0.552. The van der Waals surface area contributed by atoms with E-state index in [9.17, 15) is 23.2 Å². The van der Waals surface area contributed by atoms with Crippen molar-refractivity contribution in [2.24, 2.45) is 24.8 Å². The number of amides is 1. The van der Waals surface area contributed by atoms with Gasteiger partial charge in [0.15, 0.2) is 5.82 Å². The van der Waals surface area contributed by atoms with Crippen molar-refractivity contribution in [1.29, 1.82) is 0 Å². The van der Waals surface area contributed by atoms with E-state index in [1.54, 1.807) is 23.1 Å². The molecule has 2 fully saturated rings. The molecule has 3 aromatic rings. The predicted octanol–water partition coefficient (Wildman–Crippen LogP) is 3.12. The number of carbonyl (C=O) groups excluding carboxylic acids is 1. The second kappa shape index (κ2) is 12.6. The zero-order valence-electron chi connectivity index (χ0n) is 24.5. The monoisotopic (exact) mass is 618 g/mol. The molecule has 0 bridgehead atoms. The lowest BCUT2D eigenvalue weighted by atomic mass is 9.87. The van der Waals surface area contributed by atoms with Gasteiger partial charge in [0.2, 0.25) is 11.9 Å². The summed E-state index contributed by atoms with van der Waals surface area (Å²) in [5.74, 6) is -3.75. The predicted molar refractivity (Wildman–Crippen MR) is 162 cm³/mol. The second-order valence-corrected chi connectivity index (χ2v) is 12.1. The quantitative estimate of drug-likeness (QED) is 0.329. The Morgan fingerprint density at radius 3 is 2.51 bits per heavy atom. The van der Waals surface area contributed by atoms with Crippen molar-refractivity contribution < 1.29 is 13.6 Å². The Balaban J connectivity index is 1.37. The van der Waals surface area contributed by atoms with Crippen LogP contribution in [0.15, 0.2) is 34.0 Å². The average molecular weight is 619 g/mol. The third-order valence-electron chi connectivity index (χ3n) is 8.55. The number of aromatic nitrogens is 4. The van der Waals surface area contributed by atoms with Gasteiger partial charge in [0.25, 0.3) is 5.92 Å². The summed E-state index contributed by atoms with van der Waals surface area (Å²) in [6, 6.07) is 5.09. The summed E-state index contributed by atoms with van der Waals surface area (Å²) in [7, 11) is 1.52. The first kappa shape index (κ1) is 30.9. The van der Waals surface area contributed by atoms with Gasteiger partial charge in [-0.05, 0) is 50.0 Å². The molecule has 1 aromatic carbocycles. The normalized spacial score (nSPS) is 20.7. The smallest absolute Gasteiger partial charge is 0.316 e. The minimum Gasteiger partial charge on any atom is -0.356 e. The Kier molecular flexibility index (Phi) is 9.02. The van der Waals surface area contributed by atoms with Crippen LogP contribution in [0, 0.1) is 17.8 Å². The maximum absolute atomic E-state index is 14.4. The van der Waals surface area contributed by atoms with Crippen LogP contribution in [0.25, 0.3) is 11.0 Å². The topological polar surface area (TPSA) is 126 Å². The summed E-state index contributed by atoms with van der Waals surface area (Å²) in [6.07, 6.45) is 3.45. The number of nitrogens with zero attached hydrogens (tertiary/aromatic N) is 5. The SMILES string of the molecule is C[C@@H]1CN(c2ncc(Cl)c(Nc3ccc4c(c3)n(CCC(=O)NCC3CCNCC3)c(=O)c(=O)n4C)n2)C[C@H](C)C1(F)F. The highest BCUT2D eigenvalue weighted by molar-refractivity contribution is 6.32. The van der Waals surface area contributed by atoms with E-state index < -0.39 is 28.9 Å². The number of aryl methyl sites for hydroxylation is 2. The van der Waals surface area contributed by atoms with Crippen molar-refractivity contribution in [3.63, 3.8) is 0 Å². The fourth-order valence-electron chi connectivity index (χ4n) is 5.81. The van der Waals surface area contributed by atoms with E-state index in [4.69, 9.17) is 11.6 Å². The first-order chi connectivity index (χ1) is 20.5. The Morgan fingerprint density at radius 2 is 1.81 bits per heavy atom. The summed E-state index contributed by atoms with van der Waals surface area (Å²) in [5, 5.41) is 9.61. The number of piperidine rings is 2. The van der Waals surface area contributed by atoms with E-state index in [0.717, 1.165) is 25.9 Å². The maximum atomic E-state index is 14.4. The standard InChI is InChI=1S/C29H37ClF2N8O3/c1-17-15-39(16-18(2)29(17,31)32)28-35-14-21(30)25(37-28)36-20-4-5-22-23(12-20)40(27(43)26(42)38(22)3)11-8-24(41)34-13-19-6-9-33-10-7-19/h4-5,12,14,17-19,33H,6-11,13,15-16H2,1-3H3,(H,34,41)(H,35,36,37)/t17-,18+. The largest absolute Gasteiger partial charge is 0.356 e. The van der Waals surface area contributed by atoms with Gasteiger partial charge in [0, 0.05) is 57.2 Å². The van der Waals surface area contributed by atoms with E-state index in [-0.39, 0.29) is 48.8 Å². The molecule has 0 saturated carbocycles. The van der Waals surface area contributed by atoms with Gasteiger partial charge in [-0.2, -0.15) is 4.98 Å². The van der Waals surface area contributed by atoms with E-state index >= 15 is 0 Å². The van der Waals surface area contributed by atoms with Crippen molar-refractivity contribution in [2.45, 2.75) is 45.6 Å². The molecule has 14 heteroatoms. The number of halogens is 3. The van der Waals surface area contributed by atoms with Crippen LogP contribution in [0.5, 0.6) is 0 Å². The number of rotatable bonds is 8. The third kappa shape index (κ3) is 6.52. The Labute approximate surface area is 252 Å². The molecule has 0 spiro atoms. The molecular formula is C29H37ClF2N8O3. The van der Waals surface area contributed by atoms with Crippen LogP contribution < -0.4 is 32.0 Å². The van der Waals surface area contributed by atoms with Crippen LogP contribution in [0.4, 0.5) is 26.2 Å². The molecule has 2 aliphatic rings. The highest BCUT2D eigenvalue weighted by Gasteiger charge is 2.47. The maximum Gasteiger partial charge on any atom is 0.316 e. The molecule has 2 aromatic heterocycles. The molecule has 2 atom stereocenters. The van der Waals surface area contributed by atoms with Gasteiger partial charge in [-0.15, -0.1) is 0 Å². The molecule has 3 N–H and O–H groups in total. The summed E-state index contributed by atoms with van der Waals surface area (Å²) >= 11 is 6.40. The Bertz CT molecular complexity index is 1610. The highest BCUT2D eigenvalue weighted by atomic mass is 35.5. The van der Waals surface area contributed by atoms with Gasteiger partial charge < -0.3 is 30.0 Å². The van der Waals surface area contributed by atoms with E-state index in [1.165, 1.54) is 36.2 Å². The lowest BCUT2D eigenvalue weighted by Gasteiger charge is -2.41. The van der Waals surface area contributed by atoms with Crippen LogP contribution in [0.1, 0.15) is 33.1 Å². The zero-order valence-corrected chi connectivity index (χ0v) is 25.3. The number of anilines is 3. The van der Waals surface area contributed by atoms with E-state index in [2.05, 4.69) is 25.9 Å². The molecular weight excluding hydrogens is 582 g/mol. The van der Waals surface area contributed by atoms with Gasteiger partial charge in [0.1, 0.15) is 5.02 Å². The van der Waals surface area contributed by atoms with E-state index in [1.807, 2.05) is 0 Å². The van der Waals surface area contributed by atoms with Crippen LogP contribution >= 0.6 is 11.6 Å². The Hall–Kier alpha value is -3.58. The van der Waals surface area contributed by atoms with Gasteiger partial charge >= 0.3 is 11.1 Å². The molecule has 4 heterocycles. The van der Waals surface area contributed by atoms with Gasteiger partial charge in [0.05, 0.1) is 17.2 Å². The lowest BCUT2D eigenvalue weighted by molar-refractivity contribution is -0.121. The number of fused-ring (bicyclic) bond motifs is 1. The highest BCUT2D eigenvalue weighted by Crippen LogP contribution is 2.39. The molecule has 0 unspecified atom stereocenters. The molecule has 5 rings (SSSR count). The van der Waals surface area contributed by atoms with Crippen LogP contribution in [-0.4, -0.2) is 63.7 Å². The molecule has 2 aliphatic heterocycles. The van der Waals surface area contributed by atoms with Crippen molar-refractivity contribution in [3.05, 3.63) is 50.1 Å². The molecule has 0 aliphatic carbocycles. The molecule has 11 nitrogen and oxygen atoms in total. The number of nitrogens with one attached hydrogen (secondary N) is 3. The molecule has 43 heavy (non-hydrogen) atoms. The fourth-order valence-corrected chi connectivity index (χ4v) is 5.95. The van der Waals surface area contributed by atoms with Crippen molar-refractivity contribution in [1.82, 2.24) is 29.7 Å². The number of carbonyl (C=O) groups is 1.